The molecule has 2 aliphatic carbocycles. The zero-order valence-electron chi connectivity index (χ0n) is 16.4. The average molecular weight is 421 g/mol. The molecule has 3 unspecified atom stereocenters. The number of carbonyl (C=O) groups is 1. The van der Waals surface area contributed by atoms with Crippen LogP contribution in [0.2, 0.25) is 0 Å². The van der Waals surface area contributed by atoms with E-state index in [0.717, 1.165) is 47.2 Å². The molecule has 0 aliphatic heterocycles. The normalized spacial score (nSPS) is 31.2. The van der Waals surface area contributed by atoms with E-state index in [4.69, 9.17) is 9.47 Å². The van der Waals surface area contributed by atoms with Gasteiger partial charge in [-0.15, -0.1) is 0 Å². The number of hydrogen-bond acceptors (Lipinski definition) is 3. The van der Waals surface area contributed by atoms with Gasteiger partial charge in [-0.05, 0) is 72.0 Å². The number of Topliss-reactive ketones (excluding diaryl/α,β-unsaturated/α-hetero) is 1. The summed E-state index contributed by atoms with van der Waals surface area (Å²) in [5, 5.41) is 0. The topological polar surface area (TPSA) is 35.5 Å². The van der Waals surface area contributed by atoms with Crippen molar-refractivity contribution in [1.29, 1.82) is 0 Å². The fourth-order valence-corrected chi connectivity index (χ4v) is 5.59. The van der Waals surface area contributed by atoms with E-state index in [1.54, 1.807) is 14.2 Å². The van der Waals surface area contributed by atoms with Crippen LogP contribution in [0.4, 0.5) is 0 Å². The van der Waals surface area contributed by atoms with Crippen LogP contribution < -0.4 is 9.47 Å². The van der Waals surface area contributed by atoms with Gasteiger partial charge in [-0.2, -0.15) is 0 Å². The zero-order chi connectivity index (χ0) is 19.1. The number of ether oxygens (including phenoxy) is 2. The van der Waals surface area contributed by atoms with Crippen LogP contribution in [0.3, 0.4) is 0 Å². The van der Waals surface area contributed by atoms with Gasteiger partial charge in [0.2, 0.25) is 0 Å². The Morgan fingerprint density at radius 1 is 1.19 bits per heavy atom. The van der Waals surface area contributed by atoms with Crippen molar-refractivity contribution in [3.8, 4) is 11.5 Å². The predicted octanol–water partition coefficient (Wildman–Crippen LogP) is 5.74. The maximum Gasteiger partial charge on any atom is 0.143 e. The molecule has 3 rings (SSSR count). The molecule has 1 fully saturated rings. The van der Waals surface area contributed by atoms with Crippen molar-refractivity contribution in [2.24, 2.45) is 16.7 Å². The molecular weight excluding hydrogens is 392 g/mol. The molecule has 3 atom stereocenters. The summed E-state index contributed by atoms with van der Waals surface area (Å²) in [6.07, 6.45) is 6.74. The van der Waals surface area contributed by atoms with E-state index in [1.165, 1.54) is 5.57 Å². The van der Waals surface area contributed by atoms with Gasteiger partial charge in [-0.25, -0.2) is 0 Å². The number of ketones is 1. The maximum absolute atomic E-state index is 12.8. The number of allylic oxidation sites excluding steroid dienone is 2. The first kappa shape index (κ1) is 19.5. The highest BCUT2D eigenvalue weighted by molar-refractivity contribution is 9.10. The molecule has 0 spiro atoms. The Balaban J connectivity index is 2.10. The molecule has 0 aromatic heterocycles. The molecule has 1 saturated carbocycles. The summed E-state index contributed by atoms with van der Waals surface area (Å²) >= 11 is 3.73. The largest absolute Gasteiger partial charge is 0.496 e. The second kappa shape index (κ2) is 7.03. The lowest BCUT2D eigenvalue weighted by Crippen LogP contribution is -2.47. The summed E-state index contributed by atoms with van der Waals surface area (Å²) in [5.74, 6) is 2.57. The molecule has 1 aromatic rings. The monoisotopic (exact) mass is 420 g/mol. The molecule has 0 amide bonds. The molecule has 142 valence electrons. The highest BCUT2D eigenvalue weighted by Crippen LogP contribution is 2.58. The van der Waals surface area contributed by atoms with Gasteiger partial charge in [0, 0.05) is 17.4 Å². The molecule has 4 heteroatoms. The zero-order valence-corrected chi connectivity index (χ0v) is 18.0. The Bertz CT molecular complexity index is 754. The minimum absolute atomic E-state index is 0.0781. The lowest BCUT2D eigenvalue weighted by atomic mass is 9.51. The van der Waals surface area contributed by atoms with Crippen molar-refractivity contribution in [2.75, 3.05) is 14.2 Å². The van der Waals surface area contributed by atoms with Crippen molar-refractivity contribution < 1.29 is 14.3 Å². The summed E-state index contributed by atoms with van der Waals surface area (Å²) in [7, 11) is 3.39. The van der Waals surface area contributed by atoms with E-state index < -0.39 is 0 Å². The van der Waals surface area contributed by atoms with E-state index in [0.29, 0.717) is 18.1 Å². The lowest BCUT2D eigenvalue weighted by Gasteiger charge is -2.52. The van der Waals surface area contributed by atoms with Gasteiger partial charge in [-0.1, -0.05) is 25.5 Å². The molecule has 1 aromatic carbocycles. The fourth-order valence-electron chi connectivity index (χ4n) is 4.96. The Hall–Kier alpha value is -1.29. The van der Waals surface area contributed by atoms with Crippen molar-refractivity contribution in [3.05, 3.63) is 33.8 Å². The number of methoxy groups -OCH3 is 2. The molecule has 2 aliphatic rings. The van der Waals surface area contributed by atoms with E-state index >= 15 is 0 Å². The van der Waals surface area contributed by atoms with Crippen molar-refractivity contribution in [3.63, 3.8) is 0 Å². The van der Waals surface area contributed by atoms with Crippen molar-refractivity contribution in [1.82, 2.24) is 0 Å². The molecule has 0 radical (unpaired) electrons. The number of halogens is 1. The van der Waals surface area contributed by atoms with Gasteiger partial charge in [0.15, 0.2) is 0 Å². The van der Waals surface area contributed by atoms with Gasteiger partial charge >= 0.3 is 0 Å². The van der Waals surface area contributed by atoms with Crippen LogP contribution in [-0.2, 0) is 11.2 Å². The van der Waals surface area contributed by atoms with Gasteiger partial charge in [-0.3, -0.25) is 4.79 Å². The van der Waals surface area contributed by atoms with E-state index in [-0.39, 0.29) is 10.8 Å². The van der Waals surface area contributed by atoms with Gasteiger partial charge < -0.3 is 9.47 Å². The standard InChI is InChI=1S/C22H29BrO3/c1-14-11-12-21(2)18(7-6-8-19(21)24)22(14,3)13-15-16(25-4)9-10-17(26-5)20(15)23/h7,9-10,14H,6,8,11-13H2,1-5H3. The summed E-state index contributed by atoms with van der Waals surface area (Å²) in [4.78, 5) is 12.8. The fraction of sp³-hybridized carbons (Fsp3) is 0.591. The number of rotatable bonds is 4. The third-order valence-corrected chi connectivity index (χ3v) is 7.73. The molecular formula is C22H29BrO3. The summed E-state index contributed by atoms with van der Waals surface area (Å²) in [6.45, 7) is 6.80. The van der Waals surface area contributed by atoms with Crippen molar-refractivity contribution >= 4 is 21.7 Å². The molecule has 0 heterocycles. The quantitative estimate of drug-likeness (QED) is 0.582. The molecule has 0 N–H and O–H groups in total. The van der Waals surface area contributed by atoms with E-state index in [9.17, 15) is 4.79 Å². The Labute approximate surface area is 165 Å². The van der Waals surface area contributed by atoms with E-state index in [2.05, 4.69) is 42.8 Å². The summed E-state index contributed by atoms with van der Waals surface area (Å²) < 4.78 is 12.1. The Kier molecular flexibility index (Phi) is 5.26. The van der Waals surface area contributed by atoms with Crippen LogP contribution in [-0.4, -0.2) is 20.0 Å². The van der Waals surface area contributed by atoms with Crippen molar-refractivity contribution in [2.45, 2.75) is 52.9 Å². The predicted molar refractivity (Wildman–Crippen MR) is 108 cm³/mol. The van der Waals surface area contributed by atoms with Crippen LogP contribution in [0.15, 0.2) is 28.3 Å². The third-order valence-electron chi connectivity index (χ3n) is 6.86. The van der Waals surface area contributed by atoms with Crippen LogP contribution in [0.25, 0.3) is 0 Å². The van der Waals surface area contributed by atoms with Gasteiger partial charge in [0.25, 0.3) is 0 Å². The van der Waals surface area contributed by atoms with Crippen LogP contribution >= 0.6 is 15.9 Å². The third kappa shape index (κ3) is 2.90. The maximum atomic E-state index is 12.8. The minimum atomic E-state index is -0.307. The first-order valence-corrected chi connectivity index (χ1v) is 10.2. The molecule has 26 heavy (non-hydrogen) atoms. The number of carbonyl (C=O) groups excluding carboxylic acids is 1. The molecule has 3 nitrogen and oxygen atoms in total. The first-order chi connectivity index (χ1) is 12.3. The first-order valence-electron chi connectivity index (χ1n) is 9.41. The second-order valence-electron chi connectivity index (χ2n) is 8.21. The average Bonchev–Trinajstić information content (AvgIpc) is 2.62. The Morgan fingerprint density at radius 2 is 1.85 bits per heavy atom. The Morgan fingerprint density at radius 3 is 2.50 bits per heavy atom. The smallest absolute Gasteiger partial charge is 0.143 e. The SMILES string of the molecule is COc1ccc(OC)c(CC2(C)C3=CCCC(=O)C3(C)CCC2C)c1Br. The minimum Gasteiger partial charge on any atom is -0.496 e. The number of benzene rings is 1. The number of fused-ring (bicyclic) bond motifs is 1. The lowest BCUT2D eigenvalue weighted by molar-refractivity contribution is -0.129. The van der Waals surface area contributed by atoms with E-state index in [1.807, 2.05) is 12.1 Å². The molecule has 0 saturated heterocycles. The summed E-state index contributed by atoms with van der Waals surface area (Å²) in [6, 6.07) is 3.89. The second-order valence-corrected chi connectivity index (χ2v) is 9.00. The van der Waals surface area contributed by atoms with Gasteiger partial charge in [0.05, 0.1) is 18.7 Å². The highest BCUT2D eigenvalue weighted by Gasteiger charge is 2.52. The van der Waals surface area contributed by atoms with Crippen LogP contribution in [0, 0.1) is 16.7 Å². The number of hydrogen-bond donors (Lipinski definition) is 0. The van der Waals surface area contributed by atoms with Gasteiger partial charge in [0.1, 0.15) is 17.3 Å². The highest BCUT2D eigenvalue weighted by atomic mass is 79.9. The molecule has 0 bridgehead atoms. The summed E-state index contributed by atoms with van der Waals surface area (Å²) in [5.41, 5.74) is 2.06. The van der Waals surface area contributed by atoms with Crippen LogP contribution in [0.1, 0.15) is 52.0 Å². The van der Waals surface area contributed by atoms with Crippen LogP contribution in [0.5, 0.6) is 11.5 Å².